The van der Waals surface area contributed by atoms with Crippen molar-refractivity contribution in [2.45, 2.75) is 12.6 Å². The standard InChI is InChI=1S/C12H19ClN2O2/c1-15(7-10(14)8-16)6-9-3-4-11(17-2)5-12(9)13/h3-5,10,16H,6-8,14H2,1-2H3. The summed E-state index contributed by atoms with van der Waals surface area (Å²) in [5.74, 6) is 0.744. The molecule has 17 heavy (non-hydrogen) atoms. The molecule has 0 spiro atoms. The zero-order valence-electron chi connectivity index (χ0n) is 10.2. The second-order valence-corrected chi connectivity index (χ2v) is 4.50. The van der Waals surface area contributed by atoms with Crippen molar-refractivity contribution in [2.75, 3.05) is 27.3 Å². The Morgan fingerprint density at radius 1 is 1.53 bits per heavy atom. The molecule has 0 saturated heterocycles. The summed E-state index contributed by atoms with van der Waals surface area (Å²) in [6.45, 7) is 1.30. The molecule has 1 aromatic carbocycles. The molecule has 0 radical (unpaired) electrons. The molecule has 0 saturated carbocycles. The van der Waals surface area contributed by atoms with E-state index in [2.05, 4.69) is 0 Å². The lowest BCUT2D eigenvalue weighted by atomic mass is 10.2. The number of nitrogens with two attached hydrogens (primary N) is 1. The molecule has 0 aromatic heterocycles. The molecular formula is C12H19ClN2O2. The molecular weight excluding hydrogens is 240 g/mol. The maximum Gasteiger partial charge on any atom is 0.120 e. The quantitative estimate of drug-likeness (QED) is 0.802. The van der Waals surface area contributed by atoms with Gasteiger partial charge in [0, 0.05) is 24.2 Å². The van der Waals surface area contributed by atoms with Crippen LogP contribution in [0.25, 0.3) is 0 Å². The van der Waals surface area contributed by atoms with E-state index in [4.69, 9.17) is 27.2 Å². The fourth-order valence-corrected chi connectivity index (χ4v) is 1.83. The van der Waals surface area contributed by atoms with Crippen LogP contribution < -0.4 is 10.5 Å². The molecule has 3 N–H and O–H groups in total. The highest BCUT2D eigenvalue weighted by Gasteiger charge is 2.09. The first-order valence-corrected chi connectivity index (χ1v) is 5.82. The highest BCUT2D eigenvalue weighted by atomic mass is 35.5. The van der Waals surface area contributed by atoms with E-state index in [1.165, 1.54) is 0 Å². The van der Waals surface area contributed by atoms with Crippen LogP contribution in [0.4, 0.5) is 0 Å². The van der Waals surface area contributed by atoms with Crippen molar-refractivity contribution in [1.82, 2.24) is 4.90 Å². The third-order valence-corrected chi connectivity index (χ3v) is 2.83. The van der Waals surface area contributed by atoms with Gasteiger partial charge in [-0.05, 0) is 24.7 Å². The normalized spacial score (nSPS) is 12.8. The Morgan fingerprint density at radius 2 is 2.24 bits per heavy atom. The van der Waals surface area contributed by atoms with Crippen molar-refractivity contribution in [2.24, 2.45) is 5.73 Å². The van der Waals surface area contributed by atoms with Crippen LogP contribution in [0.1, 0.15) is 5.56 Å². The van der Waals surface area contributed by atoms with Gasteiger partial charge in [0.1, 0.15) is 5.75 Å². The molecule has 1 unspecified atom stereocenters. The van der Waals surface area contributed by atoms with E-state index in [0.29, 0.717) is 18.1 Å². The van der Waals surface area contributed by atoms with Crippen molar-refractivity contribution in [1.29, 1.82) is 0 Å². The first kappa shape index (κ1) is 14.3. The van der Waals surface area contributed by atoms with E-state index in [0.717, 1.165) is 11.3 Å². The first-order chi connectivity index (χ1) is 8.06. The van der Waals surface area contributed by atoms with Gasteiger partial charge >= 0.3 is 0 Å². The number of methoxy groups -OCH3 is 1. The van der Waals surface area contributed by atoms with Gasteiger partial charge in [-0.2, -0.15) is 0 Å². The lowest BCUT2D eigenvalue weighted by Gasteiger charge is -2.20. The van der Waals surface area contributed by atoms with Crippen LogP contribution in [-0.2, 0) is 6.54 Å². The van der Waals surface area contributed by atoms with Crippen LogP contribution >= 0.6 is 11.6 Å². The Labute approximate surface area is 107 Å². The zero-order valence-corrected chi connectivity index (χ0v) is 10.9. The molecule has 0 aliphatic heterocycles. The number of benzene rings is 1. The lowest BCUT2D eigenvalue weighted by molar-refractivity contribution is 0.218. The SMILES string of the molecule is COc1ccc(CN(C)CC(N)CO)c(Cl)c1. The minimum atomic E-state index is -0.225. The molecule has 4 nitrogen and oxygen atoms in total. The minimum Gasteiger partial charge on any atom is -0.497 e. The number of hydrogen-bond acceptors (Lipinski definition) is 4. The monoisotopic (exact) mass is 258 g/mol. The maximum absolute atomic E-state index is 8.88. The van der Waals surface area contributed by atoms with Gasteiger partial charge in [0.2, 0.25) is 0 Å². The highest BCUT2D eigenvalue weighted by molar-refractivity contribution is 6.31. The summed E-state index contributed by atoms with van der Waals surface area (Å²) in [4.78, 5) is 2.02. The van der Waals surface area contributed by atoms with Crippen LogP contribution in [-0.4, -0.2) is 43.4 Å². The van der Waals surface area contributed by atoms with Gasteiger partial charge in [0.25, 0.3) is 0 Å². The van der Waals surface area contributed by atoms with Crippen LogP contribution in [0.15, 0.2) is 18.2 Å². The van der Waals surface area contributed by atoms with E-state index in [9.17, 15) is 0 Å². The van der Waals surface area contributed by atoms with Crippen molar-refractivity contribution in [3.63, 3.8) is 0 Å². The predicted molar refractivity (Wildman–Crippen MR) is 69.4 cm³/mol. The molecule has 0 aliphatic rings. The Balaban J connectivity index is 2.62. The van der Waals surface area contributed by atoms with E-state index >= 15 is 0 Å². The second-order valence-electron chi connectivity index (χ2n) is 4.10. The van der Waals surface area contributed by atoms with Crippen molar-refractivity contribution in [3.05, 3.63) is 28.8 Å². The summed E-state index contributed by atoms with van der Waals surface area (Å²) in [6.07, 6.45) is 0. The van der Waals surface area contributed by atoms with Gasteiger partial charge in [-0.3, -0.25) is 0 Å². The number of aliphatic hydroxyl groups is 1. The van der Waals surface area contributed by atoms with Crippen LogP contribution in [0, 0.1) is 0 Å². The number of nitrogens with zero attached hydrogens (tertiary/aromatic N) is 1. The smallest absolute Gasteiger partial charge is 0.120 e. The van der Waals surface area contributed by atoms with E-state index in [1.54, 1.807) is 13.2 Å². The van der Waals surface area contributed by atoms with Crippen molar-refractivity contribution < 1.29 is 9.84 Å². The fourth-order valence-electron chi connectivity index (χ4n) is 1.60. The van der Waals surface area contributed by atoms with Gasteiger partial charge < -0.3 is 20.5 Å². The van der Waals surface area contributed by atoms with E-state index < -0.39 is 0 Å². The van der Waals surface area contributed by atoms with Gasteiger partial charge in [-0.15, -0.1) is 0 Å². The number of rotatable bonds is 6. The molecule has 0 fully saturated rings. The highest BCUT2D eigenvalue weighted by Crippen LogP contribution is 2.23. The number of likely N-dealkylation sites (N-methyl/N-ethyl adjacent to an activating group) is 1. The number of halogens is 1. The average Bonchev–Trinajstić information content (AvgIpc) is 2.31. The lowest BCUT2D eigenvalue weighted by Crippen LogP contribution is -2.37. The molecule has 0 amide bonds. The zero-order chi connectivity index (χ0) is 12.8. The van der Waals surface area contributed by atoms with Crippen molar-refractivity contribution >= 4 is 11.6 Å². The average molecular weight is 259 g/mol. The van der Waals surface area contributed by atoms with Crippen LogP contribution in [0.3, 0.4) is 0 Å². The molecule has 0 bridgehead atoms. The number of aliphatic hydroxyl groups excluding tert-OH is 1. The summed E-state index contributed by atoms with van der Waals surface area (Å²) < 4.78 is 5.09. The largest absolute Gasteiger partial charge is 0.497 e. The summed E-state index contributed by atoms with van der Waals surface area (Å²) in [5, 5.41) is 9.55. The molecule has 1 rings (SSSR count). The Hall–Kier alpha value is -0.810. The fraction of sp³-hybridized carbons (Fsp3) is 0.500. The maximum atomic E-state index is 8.88. The van der Waals surface area contributed by atoms with Crippen LogP contribution in [0.2, 0.25) is 5.02 Å². The molecule has 1 aromatic rings. The second kappa shape index (κ2) is 6.81. The van der Waals surface area contributed by atoms with Crippen molar-refractivity contribution in [3.8, 4) is 5.75 Å². The first-order valence-electron chi connectivity index (χ1n) is 5.44. The van der Waals surface area contributed by atoms with E-state index in [1.807, 2.05) is 24.1 Å². The van der Waals surface area contributed by atoms with Gasteiger partial charge in [-0.1, -0.05) is 17.7 Å². The van der Waals surface area contributed by atoms with Crippen LogP contribution in [0.5, 0.6) is 5.75 Å². The predicted octanol–water partition coefficient (Wildman–Crippen LogP) is 1.10. The minimum absolute atomic E-state index is 0.0132. The van der Waals surface area contributed by atoms with Gasteiger partial charge in [-0.25, -0.2) is 0 Å². The molecule has 1 atom stereocenters. The third-order valence-electron chi connectivity index (χ3n) is 2.48. The molecule has 5 heteroatoms. The van der Waals surface area contributed by atoms with E-state index in [-0.39, 0.29) is 12.6 Å². The van der Waals surface area contributed by atoms with Gasteiger partial charge in [0.15, 0.2) is 0 Å². The Bertz CT molecular complexity index is 360. The Kier molecular flexibility index (Phi) is 5.71. The molecule has 0 heterocycles. The summed E-state index contributed by atoms with van der Waals surface area (Å²) >= 11 is 6.14. The summed E-state index contributed by atoms with van der Waals surface area (Å²) in [7, 11) is 3.55. The number of hydrogen-bond donors (Lipinski definition) is 2. The van der Waals surface area contributed by atoms with Gasteiger partial charge in [0.05, 0.1) is 13.7 Å². The molecule has 96 valence electrons. The summed E-state index contributed by atoms with van der Waals surface area (Å²) in [6, 6.07) is 5.37. The number of ether oxygens (including phenoxy) is 1. The summed E-state index contributed by atoms with van der Waals surface area (Å²) in [5.41, 5.74) is 6.68. The third kappa shape index (κ3) is 4.52. The Morgan fingerprint density at radius 3 is 2.76 bits per heavy atom. The topological polar surface area (TPSA) is 58.7 Å². The molecule has 0 aliphatic carbocycles.